The van der Waals surface area contributed by atoms with Crippen LogP contribution < -0.4 is 16.8 Å². The Morgan fingerprint density at radius 1 is 1.65 bits per heavy atom. The van der Waals surface area contributed by atoms with Crippen molar-refractivity contribution < 1.29 is 4.79 Å². The number of primary amides is 1. The lowest BCUT2D eigenvalue weighted by molar-refractivity contribution is 0.0991. The Balaban J connectivity index is 2.20. The van der Waals surface area contributed by atoms with Crippen molar-refractivity contribution >= 4 is 23.6 Å². The van der Waals surface area contributed by atoms with Crippen LogP contribution in [0.1, 0.15) is 16.3 Å². The van der Waals surface area contributed by atoms with Crippen molar-refractivity contribution in [3.63, 3.8) is 0 Å². The van der Waals surface area contributed by atoms with E-state index in [0.717, 1.165) is 23.7 Å². The molecule has 0 aliphatic carbocycles. The van der Waals surface area contributed by atoms with Crippen LogP contribution in [0.4, 0.5) is 0 Å². The summed E-state index contributed by atoms with van der Waals surface area (Å²) in [5.41, 5.74) is 11.4. The fourth-order valence-electron chi connectivity index (χ4n) is 1.07. The van der Waals surface area contributed by atoms with Gasteiger partial charge in [0.25, 0.3) is 5.91 Å². The molecular formula is C9H16N6OS. The number of H-pyrrole nitrogens is 1. The molecular weight excluding hydrogens is 240 g/mol. The van der Waals surface area contributed by atoms with Gasteiger partial charge in [-0.05, 0) is 0 Å². The van der Waals surface area contributed by atoms with E-state index < -0.39 is 5.91 Å². The molecule has 94 valence electrons. The Kier molecular flexibility index (Phi) is 5.34. The summed E-state index contributed by atoms with van der Waals surface area (Å²) in [5, 5.41) is 2.95. The molecule has 0 aromatic carbocycles. The Bertz CT molecular complexity index is 402. The number of thioether (sulfide) groups is 1. The molecule has 0 saturated carbocycles. The Labute approximate surface area is 103 Å². The van der Waals surface area contributed by atoms with Crippen LogP contribution in [0.25, 0.3) is 0 Å². The number of nitrogens with zero attached hydrogens (tertiary/aromatic N) is 2. The predicted octanol–water partition coefficient (Wildman–Crippen LogP) is -0.724. The van der Waals surface area contributed by atoms with E-state index in [1.54, 1.807) is 25.0 Å². The first-order valence-corrected chi connectivity index (χ1v) is 6.16. The molecule has 0 atom stereocenters. The van der Waals surface area contributed by atoms with Gasteiger partial charge in [-0.1, -0.05) is 0 Å². The van der Waals surface area contributed by atoms with Gasteiger partial charge in [-0.2, -0.15) is 11.8 Å². The maximum absolute atomic E-state index is 10.8. The number of guanidine groups is 1. The third kappa shape index (κ3) is 4.77. The summed E-state index contributed by atoms with van der Waals surface area (Å²) >= 11 is 1.69. The van der Waals surface area contributed by atoms with Crippen LogP contribution in [-0.2, 0) is 5.75 Å². The summed E-state index contributed by atoms with van der Waals surface area (Å²) in [7, 11) is 1.63. The van der Waals surface area contributed by atoms with Crippen molar-refractivity contribution in [2.24, 2.45) is 16.5 Å². The molecule has 0 radical (unpaired) electrons. The molecule has 1 aromatic heterocycles. The maximum atomic E-state index is 10.8. The minimum atomic E-state index is -0.546. The van der Waals surface area contributed by atoms with Crippen molar-refractivity contribution in [2.45, 2.75) is 5.75 Å². The van der Waals surface area contributed by atoms with E-state index >= 15 is 0 Å². The van der Waals surface area contributed by atoms with Gasteiger partial charge >= 0.3 is 0 Å². The maximum Gasteiger partial charge on any atom is 0.284 e. The molecule has 1 heterocycles. The summed E-state index contributed by atoms with van der Waals surface area (Å²) < 4.78 is 0. The minimum absolute atomic E-state index is 0.195. The van der Waals surface area contributed by atoms with Crippen LogP contribution in [-0.4, -0.2) is 41.2 Å². The van der Waals surface area contributed by atoms with Gasteiger partial charge in [0.05, 0.1) is 0 Å². The van der Waals surface area contributed by atoms with Gasteiger partial charge in [0.15, 0.2) is 11.8 Å². The quantitative estimate of drug-likeness (QED) is 0.304. The molecule has 0 aliphatic heterocycles. The zero-order valence-electron chi connectivity index (χ0n) is 9.56. The molecule has 1 amide bonds. The van der Waals surface area contributed by atoms with Crippen LogP contribution in [0, 0.1) is 0 Å². The van der Waals surface area contributed by atoms with Crippen LogP contribution >= 0.6 is 11.8 Å². The lowest BCUT2D eigenvalue weighted by Gasteiger charge is -2.03. The van der Waals surface area contributed by atoms with E-state index in [1.165, 1.54) is 0 Å². The molecule has 17 heavy (non-hydrogen) atoms. The number of nitrogens with two attached hydrogens (primary N) is 2. The predicted molar refractivity (Wildman–Crippen MR) is 68.8 cm³/mol. The van der Waals surface area contributed by atoms with Crippen LogP contribution in [0.5, 0.6) is 0 Å². The zero-order chi connectivity index (χ0) is 12.7. The van der Waals surface area contributed by atoms with Gasteiger partial charge < -0.3 is 21.8 Å². The summed E-state index contributed by atoms with van der Waals surface area (Å²) in [5.74, 6) is 1.70. The summed E-state index contributed by atoms with van der Waals surface area (Å²) in [6.45, 7) is 0.741. The smallest absolute Gasteiger partial charge is 0.284 e. The molecule has 7 nitrogen and oxygen atoms in total. The lowest BCUT2D eigenvalue weighted by atomic mass is 10.5. The van der Waals surface area contributed by atoms with Crippen molar-refractivity contribution in [3.8, 4) is 0 Å². The van der Waals surface area contributed by atoms with Crippen LogP contribution in [0.3, 0.4) is 0 Å². The fraction of sp³-hybridized carbons (Fsp3) is 0.444. The molecule has 1 rings (SSSR count). The van der Waals surface area contributed by atoms with Gasteiger partial charge in [0.2, 0.25) is 0 Å². The third-order valence-electron chi connectivity index (χ3n) is 1.91. The molecule has 0 spiro atoms. The number of aromatic nitrogens is 2. The molecule has 8 heteroatoms. The Hall–Kier alpha value is -1.70. The average Bonchev–Trinajstić information content (AvgIpc) is 2.77. The summed E-state index contributed by atoms with van der Waals surface area (Å²) in [6, 6.07) is 0. The summed E-state index contributed by atoms with van der Waals surface area (Å²) in [6.07, 6.45) is 1.61. The number of rotatable bonds is 6. The molecule has 0 bridgehead atoms. The van der Waals surface area contributed by atoms with Gasteiger partial charge in [0.1, 0.15) is 0 Å². The van der Waals surface area contributed by atoms with Crippen molar-refractivity contribution in [2.75, 3.05) is 19.3 Å². The molecule has 6 N–H and O–H groups in total. The summed E-state index contributed by atoms with van der Waals surface area (Å²) in [4.78, 5) is 21.3. The monoisotopic (exact) mass is 256 g/mol. The molecule has 0 saturated heterocycles. The molecule has 1 aromatic rings. The number of carbonyl (C=O) groups excluding carboxylic acids is 1. The van der Waals surface area contributed by atoms with E-state index in [0.29, 0.717) is 5.96 Å². The highest BCUT2D eigenvalue weighted by Crippen LogP contribution is 2.09. The van der Waals surface area contributed by atoms with Crippen LogP contribution in [0.2, 0.25) is 0 Å². The SMILES string of the molecule is CN=C(N)NCCSCc1cnc(C(N)=O)[nH]1. The van der Waals surface area contributed by atoms with Crippen molar-refractivity contribution in [1.29, 1.82) is 0 Å². The third-order valence-corrected chi connectivity index (χ3v) is 2.92. The topological polar surface area (TPSA) is 122 Å². The van der Waals surface area contributed by atoms with Gasteiger partial charge in [-0.3, -0.25) is 9.79 Å². The largest absolute Gasteiger partial charge is 0.370 e. The van der Waals surface area contributed by atoms with E-state index in [2.05, 4.69) is 20.3 Å². The molecule has 0 unspecified atom stereocenters. The number of aliphatic imine (C=N–C) groups is 1. The van der Waals surface area contributed by atoms with Gasteiger partial charge in [0, 0.05) is 37.0 Å². The second-order valence-corrected chi connectivity index (χ2v) is 4.31. The second-order valence-electron chi connectivity index (χ2n) is 3.21. The highest BCUT2D eigenvalue weighted by molar-refractivity contribution is 7.98. The minimum Gasteiger partial charge on any atom is -0.370 e. The van der Waals surface area contributed by atoms with E-state index in [-0.39, 0.29) is 5.82 Å². The lowest BCUT2D eigenvalue weighted by Crippen LogP contribution is -2.32. The second kappa shape index (κ2) is 6.79. The van der Waals surface area contributed by atoms with Crippen molar-refractivity contribution in [1.82, 2.24) is 15.3 Å². The fourth-order valence-corrected chi connectivity index (χ4v) is 1.83. The van der Waals surface area contributed by atoms with Crippen LogP contribution in [0.15, 0.2) is 11.2 Å². The van der Waals surface area contributed by atoms with E-state index in [4.69, 9.17) is 11.5 Å². The number of amides is 1. The highest BCUT2D eigenvalue weighted by Gasteiger charge is 2.05. The van der Waals surface area contributed by atoms with Crippen molar-refractivity contribution in [3.05, 3.63) is 17.7 Å². The number of aromatic amines is 1. The molecule has 0 aliphatic rings. The number of carbonyl (C=O) groups is 1. The normalized spacial score (nSPS) is 11.5. The molecule has 0 fully saturated rings. The first-order valence-electron chi connectivity index (χ1n) is 5.01. The Morgan fingerprint density at radius 2 is 2.41 bits per heavy atom. The van der Waals surface area contributed by atoms with Gasteiger partial charge in [-0.15, -0.1) is 0 Å². The Morgan fingerprint density at radius 3 is 3.00 bits per heavy atom. The van der Waals surface area contributed by atoms with E-state index in [9.17, 15) is 4.79 Å². The number of imidazole rings is 1. The highest BCUT2D eigenvalue weighted by atomic mass is 32.2. The average molecular weight is 256 g/mol. The first kappa shape index (κ1) is 13.4. The number of nitrogens with one attached hydrogen (secondary N) is 2. The number of hydrogen-bond acceptors (Lipinski definition) is 4. The van der Waals surface area contributed by atoms with E-state index in [1.807, 2.05) is 0 Å². The standard InChI is InChI=1S/C9H16N6OS/c1-12-9(11)13-2-3-17-5-6-4-14-8(15-6)7(10)16/h4H,2-3,5H2,1H3,(H2,10,16)(H,14,15)(H3,11,12,13). The van der Waals surface area contributed by atoms with Gasteiger partial charge in [-0.25, -0.2) is 4.98 Å². The zero-order valence-corrected chi connectivity index (χ0v) is 10.4. The first-order chi connectivity index (χ1) is 8.13. The number of hydrogen-bond donors (Lipinski definition) is 4.